The van der Waals surface area contributed by atoms with E-state index in [9.17, 15) is 14.4 Å². The van der Waals surface area contributed by atoms with Gasteiger partial charge in [-0.05, 0) is 27.2 Å². The number of rotatable bonds is 10. The second-order valence-corrected chi connectivity index (χ2v) is 5.32. The molecule has 0 saturated heterocycles. The van der Waals surface area contributed by atoms with E-state index in [1.54, 1.807) is 20.8 Å². The lowest BCUT2D eigenvalue weighted by molar-refractivity contribution is -0.189. The van der Waals surface area contributed by atoms with Crippen molar-refractivity contribution >= 4 is 17.9 Å². The molecule has 6 nitrogen and oxygen atoms in total. The fourth-order valence-electron chi connectivity index (χ4n) is 2.85. The molecule has 0 spiro atoms. The van der Waals surface area contributed by atoms with Crippen molar-refractivity contribution in [1.82, 2.24) is 0 Å². The highest BCUT2D eigenvalue weighted by molar-refractivity contribution is 5.82. The lowest BCUT2D eigenvalue weighted by Crippen LogP contribution is -2.54. The van der Waals surface area contributed by atoms with Gasteiger partial charge in [-0.2, -0.15) is 0 Å². The number of carbonyl (C=O) groups is 3. The molecular weight excluding hydrogens is 312 g/mol. The SMILES string of the molecule is C=CC(=O)OC(C)C(CC)(C(C)OC(=O)C=C)C(C)OC(=O)C=C. The Morgan fingerprint density at radius 3 is 1.21 bits per heavy atom. The van der Waals surface area contributed by atoms with Crippen molar-refractivity contribution in [2.45, 2.75) is 52.4 Å². The first kappa shape index (κ1) is 21.6. The summed E-state index contributed by atoms with van der Waals surface area (Å²) in [7, 11) is 0. The lowest BCUT2D eigenvalue weighted by Gasteiger charge is -2.44. The molecule has 0 radical (unpaired) electrons. The average Bonchev–Trinajstić information content (AvgIpc) is 2.55. The number of carbonyl (C=O) groups excluding carboxylic acids is 3. The zero-order valence-electron chi connectivity index (χ0n) is 14.7. The van der Waals surface area contributed by atoms with Crippen molar-refractivity contribution in [3.8, 4) is 0 Å². The van der Waals surface area contributed by atoms with Crippen LogP contribution in [0.25, 0.3) is 0 Å². The second-order valence-electron chi connectivity index (χ2n) is 5.32. The molecule has 0 aliphatic carbocycles. The smallest absolute Gasteiger partial charge is 0.330 e. The van der Waals surface area contributed by atoms with E-state index in [0.29, 0.717) is 6.42 Å². The van der Waals surface area contributed by atoms with Crippen molar-refractivity contribution in [3.63, 3.8) is 0 Å². The largest absolute Gasteiger partial charge is 0.459 e. The van der Waals surface area contributed by atoms with Crippen LogP contribution in [0.2, 0.25) is 0 Å². The minimum atomic E-state index is -0.962. The summed E-state index contributed by atoms with van der Waals surface area (Å²) in [5.41, 5.74) is -0.962. The van der Waals surface area contributed by atoms with Crippen LogP contribution in [0.4, 0.5) is 0 Å². The third-order valence-electron chi connectivity index (χ3n) is 4.26. The maximum atomic E-state index is 11.6. The molecule has 0 amide bonds. The minimum Gasteiger partial charge on any atom is -0.459 e. The van der Waals surface area contributed by atoms with Crippen LogP contribution in [-0.2, 0) is 28.6 Å². The Hall–Kier alpha value is -2.37. The molecule has 0 aliphatic rings. The van der Waals surface area contributed by atoms with Gasteiger partial charge in [0.25, 0.3) is 0 Å². The molecule has 6 heteroatoms. The van der Waals surface area contributed by atoms with Crippen LogP contribution in [0, 0.1) is 5.41 Å². The third-order valence-corrected chi connectivity index (χ3v) is 4.26. The van der Waals surface area contributed by atoms with Crippen LogP contribution in [0.5, 0.6) is 0 Å². The van der Waals surface area contributed by atoms with Crippen molar-refractivity contribution in [1.29, 1.82) is 0 Å². The molecular formula is C18H26O6. The van der Waals surface area contributed by atoms with Crippen LogP contribution in [0.1, 0.15) is 34.1 Å². The predicted molar refractivity (Wildman–Crippen MR) is 90.0 cm³/mol. The molecule has 0 fully saturated rings. The first-order valence-corrected chi connectivity index (χ1v) is 7.68. The average molecular weight is 338 g/mol. The Bertz CT molecular complexity index is 438. The molecule has 0 aromatic rings. The summed E-state index contributed by atoms with van der Waals surface area (Å²) in [6, 6.07) is 0. The van der Waals surface area contributed by atoms with Gasteiger partial charge >= 0.3 is 17.9 Å². The highest BCUT2D eigenvalue weighted by Gasteiger charge is 2.50. The quantitative estimate of drug-likeness (QED) is 0.346. The molecule has 0 aromatic heterocycles. The van der Waals surface area contributed by atoms with E-state index >= 15 is 0 Å². The van der Waals surface area contributed by atoms with Gasteiger partial charge in [-0.1, -0.05) is 26.7 Å². The number of ether oxygens (including phenoxy) is 3. The summed E-state index contributed by atoms with van der Waals surface area (Å²) >= 11 is 0. The molecule has 3 atom stereocenters. The third kappa shape index (κ3) is 5.08. The van der Waals surface area contributed by atoms with Crippen LogP contribution >= 0.6 is 0 Å². The van der Waals surface area contributed by atoms with Gasteiger partial charge in [0, 0.05) is 18.2 Å². The summed E-state index contributed by atoms with van der Waals surface area (Å²) in [5, 5.41) is 0. The fourth-order valence-corrected chi connectivity index (χ4v) is 2.85. The van der Waals surface area contributed by atoms with Gasteiger partial charge in [0.1, 0.15) is 18.3 Å². The highest BCUT2D eigenvalue weighted by Crippen LogP contribution is 2.40. The number of esters is 3. The van der Waals surface area contributed by atoms with Gasteiger partial charge < -0.3 is 14.2 Å². The molecule has 134 valence electrons. The Kier molecular flexibility index (Phi) is 8.74. The molecule has 0 N–H and O–H groups in total. The topological polar surface area (TPSA) is 78.9 Å². The van der Waals surface area contributed by atoms with E-state index < -0.39 is 41.6 Å². The summed E-state index contributed by atoms with van der Waals surface area (Å²) in [6.45, 7) is 16.9. The molecule has 0 rings (SSSR count). The van der Waals surface area contributed by atoms with E-state index in [0.717, 1.165) is 18.2 Å². The van der Waals surface area contributed by atoms with Gasteiger partial charge in [0.2, 0.25) is 0 Å². The summed E-state index contributed by atoms with van der Waals surface area (Å²) in [4.78, 5) is 34.8. The standard InChI is InChI=1S/C18H26O6/c1-8-15(19)22-12(5)18(11-4,13(6)23-16(20)9-2)14(7)24-17(21)10-3/h8-10,12-14H,1-3,11H2,4-7H3. The van der Waals surface area contributed by atoms with Gasteiger partial charge in [-0.25, -0.2) is 14.4 Å². The Balaban J connectivity index is 5.79. The van der Waals surface area contributed by atoms with Gasteiger partial charge in [0.15, 0.2) is 0 Å². The Morgan fingerprint density at radius 1 is 0.792 bits per heavy atom. The lowest BCUT2D eigenvalue weighted by atomic mass is 9.71. The van der Waals surface area contributed by atoms with Gasteiger partial charge in [0.05, 0.1) is 5.41 Å². The second kappa shape index (κ2) is 9.70. The molecule has 3 unspecified atom stereocenters. The predicted octanol–water partition coefficient (Wildman–Crippen LogP) is 2.74. The van der Waals surface area contributed by atoms with Gasteiger partial charge in [-0.3, -0.25) is 0 Å². The van der Waals surface area contributed by atoms with Crippen molar-refractivity contribution in [2.24, 2.45) is 5.41 Å². The monoisotopic (exact) mass is 338 g/mol. The summed E-state index contributed by atoms with van der Waals surface area (Å²) in [5.74, 6) is -1.86. The molecule has 24 heavy (non-hydrogen) atoms. The Labute approximate surface area is 143 Å². The van der Waals surface area contributed by atoms with E-state index in [4.69, 9.17) is 14.2 Å². The summed E-state index contributed by atoms with van der Waals surface area (Å²) < 4.78 is 16.0. The number of hydrogen-bond acceptors (Lipinski definition) is 6. The normalized spacial score (nSPS) is 16.5. The van der Waals surface area contributed by atoms with Crippen LogP contribution in [-0.4, -0.2) is 36.2 Å². The zero-order valence-corrected chi connectivity index (χ0v) is 14.7. The van der Waals surface area contributed by atoms with Gasteiger partial charge in [-0.15, -0.1) is 0 Å². The zero-order chi connectivity index (χ0) is 18.9. The molecule has 0 aromatic carbocycles. The summed E-state index contributed by atoms with van der Waals surface area (Å²) in [6.07, 6.45) is 1.39. The molecule has 0 bridgehead atoms. The van der Waals surface area contributed by atoms with E-state index in [1.165, 1.54) is 0 Å². The van der Waals surface area contributed by atoms with Crippen molar-refractivity contribution in [2.75, 3.05) is 0 Å². The maximum Gasteiger partial charge on any atom is 0.330 e. The molecule has 0 heterocycles. The minimum absolute atomic E-state index is 0.412. The van der Waals surface area contributed by atoms with Crippen LogP contribution in [0.3, 0.4) is 0 Å². The number of hydrogen-bond donors (Lipinski definition) is 0. The van der Waals surface area contributed by atoms with E-state index in [1.807, 2.05) is 6.92 Å². The van der Waals surface area contributed by atoms with Crippen molar-refractivity contribution in [3.05, 3.63) is 38.0 Å². The van der Waals surface area contributed by atoms with Crippen LogP contribution < -0.4 is 0 Å². The van der Waals surface area contributed by atoms with Crippen LogP contribution in [0.15, 0.2) is 38.0 Å². The fraction of sp³-hybridized carbons (Fsp3) is 0.500. The van der Waals surface area contributed by atoms with E-state index in [-0.39, 0.29) is 0 Å². The highest BCUT2D eigenvalue weighted by atomic mass is 16.6. The maximum absolute atomic E-state index is 11.6. The molecule has 0 saturated carbocycles. The van der Waals surface area contributed by atoms with Crippen molar-refractivity contribution < 1.29 is 28.6 Å². The Morgan fingerprint density at radius 2 is 1.04 bits per heavy atom. The van der Waals surface area contributed by atoms with E-state index in [2.05, 4.69) is 19.7 Å². The first-order chi connectivity index (χ1) is 11.2. The first-order valence-electron chi connectivity index (χ1n) is 7.68. The molecule has 0 aliphatic heterocycles.